The van der Waals surface area contributed by atoms with Crippen molar-refractivity contribution >= 4 is 11.6 Å². The third kappa shape index (κ3) is 2.48. The van der Waals surface area contributed by atoms with Crippen LogP contribution in [-0.4, -0.2) is 16.1 Å². The summed E-state index contributed by atoms with van der Waals surface area (Å²) in [4.78, 5) is 26.9. The van der Waals surface area contributed by atoms with Gasteiger partial charge in [-0.2, -0.15) is 0 Å². The van der Waals surface area contributed by atoms with Crippen LogP contribution in [0.4, 0.5) is 0 Å². The molecular weight excluding hydrogens is 348 g/mol. The summed E-state index contributed by atoms with van der Waals surface area (Å²) in [6.07, 6.45) is 4.48. The highest BCUT2D eigenvalue weighted by atomic mass is 16.1. The first-order valence-corrected chi connectivity index (χ1v) is 10.0. The minimum absolute atomic E-state index is 0.0213. The number of carbonyl (C=O) groups is 2. The summed E-state index contributed by atoms with van der Waals surface area (Å²) in [5.41, 5.74) is 3.32. The predicted molar refractivity (Wildman–Crippen MR) is 106 cm³/mol. The molecule has 1 aromatic heterocycles. The second-order valence-corrected chi connectivity index (χ2v) is 7.83. The van der Waals surface area contributed by atoms with Crippen molar-refractivity contribution in [1.29, 1.82) is 0 Å². The van der Waals surface area contributed by atoms with E-state index in [2.05, 4.69) is 21.3 Å². The lowest BCUT2D eigenvalue weighted by molar-refractivity contribution is -0.695. The van der Waals surface area contributed by atoms with E-state index in [9.17, 15) is 9.59 Å². The minimum atomic E-state index is -0.0408. The molecule has 4 heteroatoms. The summed E-state index contributed by atoms with van der Waals surface area (Å²) >= 11 is 0. The fraction of sp³-hybridized carbons (Fsp3) is 0.292. The van der Waals surface area contributed by atoms with Crippen molar-refractivity contribution in [3.05, 3.63) is 88.5 Å². The van der Waals surface area contributed by atoms with Gasteiger partial charge in [0.05, 0.1) is 0 Å². The Bertz CT molecular complexity index is 1090. The summed E-state index contributed by atoms with van der Waals surface area (Å²) < 4.78 is 4.22. The molecule has 28 heavy (non-hydrogen) atoms. The molecule has 3 aromatic rings. The molecule has 1 heterocycles. The van der Waals surface area contributed by atoms with E-state index >= 15 is 0 Å². The van der Waals surface area contributed by atoms with Crippen LogP contribution in [0, 0.1) is 6.92 Å². The number of nitrogens with zero attached hydrogens (tertiary/aromatic N) is 2. The molecule has 140 valence electrons. The fourth-order valence-corrected chi connectivity index (χ4v) is 4.85. The molecule has 0 aliphatic heterocycles. The molecule has 0 N–H and O–H groups in total. The number of aromatic nitrogens is 2. The van der Waals surface area contributed by atoms with E-state index in [1.54, 1.807) is 12.1 Å². The second kappa shape index (κ2) is 6.55. The SMILES string of the molecule is Cc1n(C2CCCC2)c2c([n+]1Cc1ccccc1)C(=O)c1ccccc1C2=O. The Morgan fingerprint density at radius 1 is 0.893 bits per heavy atom. The maximum atomic E-state index is 13.5. The zero-order valence-electron chi connectivity index (χ0n) is 16.0. The van der Waals surface area contributed by atoms with Crippen LogP contribution in [0.15, 0.2) is 54.6 Å². The number of rotatable bonds is 3. The Morgan fingerprint density at radius 3 is 2.18 bits per heavy atom. The van der Waals surface area contributed by atoms with Crippen molar-refractivity contribution in [1.82, 2.24) is 4.57 Å². The van der Waals surface area contributed by atoms with Crippen LogP contribution >= 0.6 is 0 Å². The number of hydrogen-bond donors (Lipinski definition) is 0. The van der Waals surface area contributed by atoms with Crippen molar-refractivity contribution < 1.29 is 14.2 Å². The van der Waals surface area contributed by atoms with Crippen LogP contribution < -0.4 is 4.57 Å². The van der Waals surface area contributed by atoms with Crippen molar-refractivity contribution in [3.63, 3.8) is 0 Å². The van der Waals surface area contributed by atoms with Crippen LogP contribution in [0.25, 0.3) is 0 Å². The summed E-state index contributed by atoms with van der Waals surface area (Å²) in [5.74, 6) is 0.934. The molecule has 1 fully saturated rings. The van der Waals surface area contributed by atoms with Gasteiger partial charge >= 0.3 is 0 Å². The minimum Gasteiger partial charge on any atom is -0.284 e. The first-order valence-electron chi connectivity index (χ1n) is 10.0. The van der Waals surface area contributed by atoms with E-state index in [1.165, 1.54) is 12.8 Å². The molecule has 0 spiro atoms. The Kier molecular flexibility index (Phi) is 4.00. The standard InChI is InChI=1S/C24H23N2O2/c1-16-25(15-17-9-3-2-4-10-17)21-22(26(16)18-11-5-6-12-18)24(28)20-14-8-7-13-19(20)23(21)27/h2-4,7-10,13-14,18H,5-6,11-12,15H2,1H3/q+1. The van der Waals surface area contributed by atoms with Gasteiger partial charge in [0.2, 0.25) is 23.0 Å². The van der Waals surface area contributed by atoms with Crippen LogP contribution in [-0.2, 0) is 6.54 Å². The number of ketones is 2. The fourth-order valence-electron chi connectivity index (χ4n) is 4.85. The predicted octanol–water partition coefficient (Wildman–Crippen LogP) is 4.02. The normalized spacial score (nSPS) is 16.3. The number of imidazole rings is 1. The molecule has 2 aliphatic rings. The summed E-state index contributed by atoms with van der Waals surface area (Å²) in [6.45, 7) is 2.64. The molecule has 0 amide bonds. The van der Waals surface area contributed by atoms with Gasteiger partial charge in [-0.25, -0.2) is 9.13 Å². The summed E-state index contributed by atoms with van der Waals surface area (Å²) in [5, 5.41) is 0. The topological polar surface area (TPSA) is 43.0 Å². The van der Waals surface area contributed by atoms with Gasteiger partial charge in [0, 0.05) is 18.1 Å². The Morgan fingerprint density at radius 2 is 1.50 bits per heavy atom. The molecule has 0 bridgehead atoms. The van der Waals surface area contributed by atoms with Gasteiger partial charge in [0.1, 0.15) is 12.6 Å². The van der Waals surface area contributed by atoms with Crippen molar-refractivity contribution in [2.75, 3.05) is 0 Å². The van der Waals surface area contributed by atoms with E-state index in [1.807, 2.05) is 37.3 Å². The smallest absolute Gasteiger partial charge is 0.254 e. The Labute approximate surface area is 164 Å². The van der Waals surface area contributed by atoms with Crippen molar-refractivity contribution in [3.8, 4) is 0 Å². The van der Waals surface area contributed by atoms with Crippen LogP contribution in [0.1, 0.15) is 75.2 Å². The van der Waals surface area contributed by atoms with Gasteiger partial charge in [-0.15, -0.1) is 0 Å². The maximum Gasteiger partial charge on any atom is 0.254 e. The molecule has 0 unspecified atom stereocenters. The van der Waals surface area contributed by atoms with E-state index in [0.717, 1.165) is 24.2 Å². The average molecular weight is 371 g/mol. The highest BCUT2D eigenvalue weighted by Crippen LogP contribution is 2.35. The molecule has 2 aromatic carbocycles. The zero-order chi connectivity index (χ0) is 19.3. The third-order valence-corrected chi connectivity index (χ3v) is 6.19. The van der Waals surface area contributed by atoms with Gasteiger partial charge in [-0.1, -0.05) is 54.6 Å². The number of carbonyl (C=O) groups excluding carboxylic acids is 2. The van der Waals surface area contributed by atoms with Gasteiger partial charge in [0.15, 0.2) is 0 Å². The van der Waals surface area contributed by atoms with E-state index in [0.29, 0.717) is 35.1 Å². The Hall–Kier alpha value is -3.01. The molecule has 4 nitrogen and oxygen atoms in total. The lowest BCUT2D eigenvalue weighted by Gasteiger charge is -2.14. The largest absolute Gasteiger partial charge is 0.284 e. The lowest BCUT2D eigenvalue weighted by Crippen LogP contribution is -2.43. The highest BCUT2D eigenvalue weighted by Gasteiger charge is 2.45. The number of hydrogen-bond acceptors (Lipinski definition) is 2. The van der Waals surface area contributed by atoms with E-state index in [-0.39, 0.29) is 11.6 Å². The van der Waals surface area contributed by atoms with E-state index in [4.69, 9.17) is 0 Å². The van der Waals surface area contributed by atoms with Crippen LogP contribution in [0.3, 0.4) is 0 Å². The van der Waals surface area contributed by atoms with Crippen LogP contribution in [0.5, 0.6) is 0 Å². The molecule has 0 radical (unpaired) electrons. The van der Waals surface area contributed by atoms with Crippen LogP contribution in [0.2, 0.25) is 0 Å². The number of benzene rings is 2. The molecule has 5 rings (SSSR count). The first kappa shape index (κ1) is 17.1. The zero-order valence-corrected chi connectivity index (χ0v) is 16.0. The Balaban J connectivity index is 1.75. The monoisotopic (exact) mass is 371 g/mol. The maximum absolute atomic E-state index is 13.5. The van der Waals surface area contributed by atoms with Gasteiger partial charge < -0.3 is 0 Å². The van der Waals surface area contributed by atoms with Crippen molar-refractivity contribution in [2.45, 2.75) is 45.2 Å². The summed E-state index contributed by atoms with van der Waals surface area (Å²) in [7, 11) is 0. The molecule has 1 saturated carbocycles. The van der Waals surface area contributed by atoms with Crippen molar-refractivity contribution in [2.24, 2.45) is 0 Å². The number of fused-ring (bicyclic) bond motifs is 2. The second-order valence-electron chi connectivity index (χ2n) is 7.83. The van der Waals surface area contributed by atoms with Gasteiger partial charge in [0.25, 0.3) is 5.82 Å². The molecule has 0 saturated heterocycles. The van der Waals surface area contributed by atoms with Gasteiger partial charge in [-0.05, 0) is 31.2 Å². The summed E-state index contributed by atoms with van der Waals surface area (Å²) in [6, 6.07) is 17.7. The molecule has 2 aliphatic carbocycles. The first-order chi connectivity index (χ1) is 13.7. The molecule has 0 atom stereocenters. The average Bonchev–Trinajstić information content (AvgIpc) is 3.34. The van der Waals surface area contributed by atoms with Gasteiger partial charge in [-0.3, -0.25) is 9.59 Å². The molecular formula is C24H23N2O2+. The highest BCUT2D eigenvalue weighted by molar-refractivity contribution is 6.26. The van der Waals surface area contributed by atoms with E-state index < -0.39 is 0 Å². The third-order valence-electron chi connectivity index (χ3n) is 6.19. The lowest BCUT2D eigenvalue weighted by atomic mass is 9.89. The quantitative estimate of drug-likeness (QED) is 0.511.